The zero-order valence-corrected chi connectivity index (χ0v) is 8.97. The molecule has 1 saturated carbocycles. The molecule has 1 saturated heterocycles. The molecule has 1 aliphatic carbocycles. The van der Waals surface area contributed by atoms with Crippen LogP contribution in [0.1, 0.15) is 27.2 Å². The molecule has 0 aromatic carbocycles. The lowest BCUT2D eigenvalue weighted by Gasteiger charge is -2.51. The largest absolute Gasteiger partial charge is 0.380 e. The number of ether oxygens (including phenoxy) is 1. The van der Waals surface area contributed by atoms with Crippen LogP contribution in [0.5, 0.6) is 0 Å². The van der Waals surface area contributed by atoms with Crippen molar-refractivity contribution in [1.82, 2.24) is 0 Å². The van der Waals surface area contributed by atoms with Crippen LogP contribution in [0.15, 0.2) is 12.2 Å². The summed E-state index contributed by atoms with van der Waals surface area (Å²) in [4.78, 5) is 0. The van der Waals surface area contributed by atoms with Crippen molar-refractivity contribution in [2.75, 3.05) is 13.2 Å². The average Bonchev–Trinajstić information content (AvgIpc) is 2.05. The van der Waals surface area contributed by atoms with Crippen molar-refractivity contribution in [1.29, 1.82) is 0 Å². The summed E-state index contributed by atoms with van der Waals surface area (Å²) in [5.41, 5.74) is 1.84. The van der Waals surface area contributed by atoms with Gasteiger partial charge in [-0.15, -0.1) is 0 Å². The lowest BCUT2D eigenvalue weighted by atomic mass is 9.57. The van der Waals surface area contributed by atoms with Gasteiger partial charge < -0.3 is 4.74 Å². The van der Waals surface area contributed by atoms with Gasteiger partial charge in [0, 0.05) is 11.8 Å². The highest BCUT2D eigenvalue weighted by Crippen LogP contribution is 2.51. The maximum atomic E-state index is 5.63. The van der Waals surface area contributed by atoms with E-state index in [4.69, 9.17) is 4.74 Å². The molecule has 1 nitrogen and oxygen atoms in total. The summed E-state index contributed by atoms with van der Waals surface area (Å²) < 4.78 is 5.63. The van der Waals surface area contributed by atoms with Crippen molar-refractivity contribution >= 4 is 0 Å². The molecule has 74 valence electrons. The van der Waals surface area contributed by atoms with E-state index in [2.05, 4.69) is 27.4 Å². The normalized spacial score (nSPS) is 43.3. The number of hydrogen-bond donors (Lipinski definition) is 0. The van der Waals surface area contributed by atoms with Crippen molar-refractivity contribution in [3.63, 3.8) is 0 Å². The molecule has 0 spiro atoms. The molecular formula is C12H20O. The molecule has 1 heterocycles. The van der Waals surface area contributed by atoms with Crippen LogP contribution >= 0.6 is 0 Å². The van der Waals surface area contributed by atoms with Gasteiger partial charge in [0.05, 0.1) is 13.2 Å². The third-order valence-corrected chi connectivity index (χ3v) is 4.38. The predicted octanol–water partition coefficient (Wildman–Crippen LogP) is 2.87. The van der Waals surface area contributed by atoms with Gasteiger partial charge >= 0.3 is 0 Å². The topological polar surface area (TPSA) is 9.23 Å². The lowest BCUT2D eigenvalue weighted by Crippen LogP contribution is -2.46. The van der Waals surface area contributed by atoms with Crippen LogP contribution < -0.4 is 0 Å². The zero-order chi connectivity index (χ0) is 9.64. The Morgan fingerprint density at radius 3 is 2.77 bits per heavy atom. The summed E-state index contributed by atoms with van der Waals surface area (Å²) in [6.45, 7) is 13.1. The highest BCUT2D eigenvalue weighted by Gasteiger charge is 2.45. The standard InChI is InChI=1S/C12H20O/c1-8-5-10-6-13-7-11(9(10)2)12(8,3)4/h8,10-11H,2,5-7H2,1,3-4H3. The fourth-order valence-corrected chi connectivity index (χ4v) is 2.81. The molecule has 3 unspecified atom stereocenters. The van der Waals surface area contributed by atoms with Crippen LogP contribution in [0, 0.1) is 23.2 Å². The van der Waals surface area contributed by atoms with Crippen LogP contribution in [0.25, 0.3) is 0 Å². The van der Waals surface area contributed by atoms with Gasteiger partial charge in [-0.3, -0.25) is 0 Å². The molecule has 2 rings (SSSR count). The molecule has 2 bridgehead atoms. The first-order valence-electron chi connectivity index (χ1n) is 5.30. The van der Waals surface area contributed by atoms with Gasteiger partial charge in [0.25, 0.3) is 0 Å². The minimum absolute atomic E-state index is 0.383. The molecule has 1 heteroatoms. The SMILES string of the molecule is C=C1C2COCC1C(C)(C)C(C)C2. The Morgan fingerprint density at radius 1 is 1.38 bits per heavy atom. The van der Waals surface area contributed by atoms with E-state index in [9.17, 15) is 0 Å². The summed E-state index contributed by atoms with van der Waals surface area (Å²) in [7, 11) is 0. The molecule has 0 aromatic rings. The summed E-state index contributed by atoms with van der Waals surface area (Å²) in [5.74, 6) is 2.04. The van der Waals surface area contributed by atoms with Crippen molar-refractivity contribution in [3.05, 3.63) is 12.2 Å². The molecule has 0 amide bonds. The Hall–Kier alpha value is -0.300. The maximum absolute atomic E-state index is 5.63. The molecule has 1 aliphatic heterocycles. The summed E-state index contributed by atoms with van der Waals surface area (Å²) in [6.07, 6.45) is 1.27. The Labute approximate surface area is 81.2 Å². The van der Waals surface area contributed by atoms with Crippen molar-refractivity contribution in [2.45, 2.75) is 27.2 Å². The number of fused-ring (bicyclic) bond motifs is 2. The Kier molecular flexibility index (Phi) is 2.03. The third-order valence-electron chi connectivity index (χ3n) is 4.38. The van der Waals surface area contributed by atoms with E-state index >= 15 is 0 Å². The van der Waals surface area contributed by atoms with Crippen molar-refractivity contribution in [2.24, 2.45) is 23.2 Å². The van der Waals surface area contributed by atoms with Gasteiger partial charge in [-0.1, -0.05) is 32.9 Å². The van der Waals surface area contributed by atoms with Crippen molar-refractivity contribution < 1.29 is 4.74 Å². The van der Waals surface area contributed by atoms with E-state index in [-0.39, 0.29) is 0 Å². The lowest BCUT2D eigenvalue weighted by molar-refractivity contribution is -0.0498. The highest BCUT2D eigenvalue weighted by atomic mass is 16.5. The minimum Gasteiger partial charge on any atom is -0.380 e. The molecule has 13 heavy (non-hydrogen) atoms. The average molecular weight is 180 g/mol. The van der Waals surface area contributed by atoms with E-state index in [0.29, 0.717) is 17.3 Å². The summed E-state index contributed by atoms with van der Waals surface area (Å²) in [5, 5.41) is 0. The monoisotopic (exact) mass is 180 g/mol. The molecular weight excluding hydrogens is 160 g/mol. The van der Waals surface area contributed by atoms with E-state index in [0.717, 1.165) is 19.1 Å². The third kappa shape index (κ3) is 1.25. The summed E-state index contributed by atoms with van der Waals surface area (Å²) >= 11 is 0. The van der Waals surface area contributed by atoms with E-state index < -0.39 is 0 Å². The number of rotatable bonds is 0. The van der Waals surface area contributed by atoms with Gasteiger partial charge in [0.15, 0.2) is 0 Å². The van der Waals surface area contributed by atoms with Crippen molar-refractivity contribution in [3.8, 4) is 0 Å². The smallest absolute Gasteiger partial charge is 0.0537 e. The fraction of sp³-hybridized carbons (Fsp3) is 0.833. The van der Waals surface area contributed by atoms with Crippen LogP contribution in [0.3, 0.4) is 0 Å². The first-order valence-corrected chi connectivity index (χ1v) is 5.30. The van der Waals surface area contributed by atoms with Gasteiger partial charge in [0.1, 0.15) is 0 Å². The number of hydrogen-bond acceptors (Lipinski definition) is 1. The maximum Gasteiger partial charge on any atom is 0.0537 e. The molecule has 2 fully saturated rings. The van der Waals surface area contributed by atoms with Gasteiger partial charge in [-0.25, -0.2) is 0 Å². The zero-order valence-electron chi connectivity index (χ0n) is 8.97. The minimum atomic E-state index is 0.383. The highest BCUT2D eigenvalue weighted by molar-refractivity contribution is 5.17. The van der Waals surface area contributed by atoms with Gasteiger partial charge in [-0.2, -0.15) is 0 Å². The first kappa shape index (κ1) is 9.26. The Bertz CT molecular complexity index is 229. The molecule has 0 radical (unpaired) electrons. The van der Waals surface area contributed by atoms with Crippen LogP contribution in [-0.4, -0.2) is 13.2 Å². The molecule has 3 atom stereocenters. The quantitative estimate of drug-likeness (QED) is 0.521. The Morgan fingerprint density at radius 2 is 2.08 bits per heavy atom. The second-order valence-electron chi connectivity index (χ2n) is 5.32. The van der Waals surface area contributed by atoms with E-state index in [1.807, 2.05) is 0 Å². The predicted molar refractivity (Wildman–Crippen MR) is 54.5 cm³/mol. The second-order valence-corrected chi connectivity index (χ2v) is 5.32. The van der Waals surface area contributed by atoms with E-state index in [1.54, 1.807) is 0 Å². The van der Waals surface area contributed by atoms with Crippen LogP contribution in [0.2, 0.25) is 0 Å². The van der Waals surface area contributed by atoms with E-state index in [1.165, 1.54) is 12.0 Å². The first-order chi connectivity index (χ1) is 6.03. The van der Waals surface area contributed by atoms with Crippen LogP contribution in [0.4, 0.5) is 0 Å². The van der Waals surface area contributed by atoms with Gasteiger partial charge in [0.2, 0.25) is 0 Å². The fourth-order valence-electron chi connectivity index (χ4n) is 2.81. The molecule has 0 aromatic heterocycles. The Balaban J connectivity index is 2.29. The molecule has 2 aliphatic rings. The van der Waals surface area contributed by atoms with Gasteiger partial charge in [-0.05, 0) is 17.8 Å². The summed E-state index contributed by atoms with van der Waals surface area (Å²) in [6, 6.07) is 0. The van der Waals surface area contributed by atoms with Crippen LogP contribution in [-0.2, 0) is 4.74 Å². The molecule has 0 N–H and O–H groups in total. The second kappa shape index (κ2) is 2.84.